The highest BCUT2D eigenvalue weighted by molar-refractivity contribution is 6.76. The lowest BCUT2D eigenvalue weighted by molar-refractivity contribution is 0.0591. The second kappa shape index (κ2) is 9.73. The average molecular weight is 517 g/mol. The lowest BCUT2D eigenvalue weighted by atomic mass is 10.1. The maximum atomic E-state index is 10.2. The van der Waals surface area contributed by atoms with Gasteiger partial charge in [-0.25, -0.2) is 4.68 Å². The molecular weight excluding hydrogens is 484 g/mol. The van der Waals surface area contributed by atoms with E-state index >= 15 is 0 Å². The Bertz CT molecular complexity index is 1340. The van der Waals surface area contributed by atoms with Gasteiger partial charge in [0.25, 0.3) is 0 Å². The highest BCUT2D eigenvalue weighted by atomic mass is 35.5. The summed E-state index contributed by atoms with van der Waals surface area (Å²) in [6.07, 6.45) is 1.77. The number of nitrogens with zero attached hydrogens (tertiary/aromatic N) is 6. The van der Waals surface area contributed by atoms with Crippen LogP contribution in [0.3, 0.4) is 0 Å². The first-order valence-electron chi connectivity index (χ1n) is 11.6. The Kier molecular flexibility index (Phi) is 7.05. The van der Waals surface area contributed by atoms with Crippen LogP contribution >= 0.6 is 11.6 Å². The molecule has 0 saturated heterocycles. The van der Waals surface area contributed by atoms with Crippen LogP contribution in [0.4, 0.5) is 17.5 Å². The summed E-state index contributed by atoms with van der Waals surface area (Å²) in [6.45, 7) is 11.8. The number of aromatic nitrogens is 6. The fourth-order valence-electron chi connectivity index (χ4n) is 3.71. The zero-order valence-corrected chi connectivity index (χ0v) is 22.8. The molecule has 0 bridgehead atoms. The van der Waals surface area contributed by atoms with Crippen LogP contribution in [0.1, 0.15) is 13.8 Å². The van der Waals surface area contributed by atoms with Gasteiger partial charge in [-0.15, -0.1) is 0 Å². The van der Waals surface area contributed by atoms with Crippen molar-refractivity contribution in [2.24, 2.45) is 0 Å². The molecule has 0 fully saturated rings. The van der Waals surface area contributed by atoms with Crippen LogP contribution in [0.25, 0.3) is 21.9 Å². The van der Waals surface area contributed by atoms with E-state index in [0.29, 0.717) is 41.1 Å². The number of hydrogen-bond donors (Lipinski definition) is 3. The molecule has 4 rings (SSSR count). The molecule has 12 heteroatoms. The fraction of sp³-hybridized carbons (Fsp3) is 0.478. The molecule has 0 saturated carbocycles. The zero-order chi connectivity index (χ0) is 25.4. The molecule has 0 aliphatic rings. The van der Waals surface area contributed by atoms with Gasteiger partial charge in [-0.05, 0) is 32.0 Å². The van der Waals surface area contributed by atoms with Crippen LogP contribution in [-0.2, 0) is 18.0 Å². The number of nitrogens with one attached hydrogen (secondary N) is 2. The summed E-state index contributed by atoms with van der Waals surface area (Å²) in [5.74, 6) is 0.963. The fourth-order valence-corrected chi connectivity index (χ4v) is 4.73. The van der Waals surface area contributed by atoms with E-state index in [4.69, 9.17) is 21.3 Å². The van der Waals surface area contributed by atoms with Gasteiger partial charge in [0.05, 0.1) is 29.5 Å². The van der Waals surface area contributed by atoms with E-state index in [1.807, 2.05) is 18.2 Å². The predicted octanol–water partition coefficient (Wildman–Crippen LogP) is 4.70. The van der Waals surface area contributed by atoms with Gasteiger partial charge in [-0.2, -0.15) is 20.2 Å². The number of aliphatic hydroxyl groups is 1. The minimum Gasteiger partial charge on any atom is -0.389 e. The summed E-state index contributed by atoms with van der Waals surface area (Å²) in [7, 11) is 0.591. The van der Waals surface area contributed by atoms with E-state index < -0.39 is 13.7 Å². The Hall–Kier alpha value is -2.73. The molecule has 0 aliphatic carbocycles. The Morgan fingerprint density at radius 3 is 2.63 bits per heavy atom. The van der Waals surface area contributed by atoms with Gasteiger partial charge < -0.3 is 20.5 Å². The topological polar surface area (TPSA) is 115 Å². The Balaban J connectivity index is 1.65. The first kappa shape index (κ1) is 25.4. The molecule has 0 aliphatic heterocycles. The van der Waals surface area contributed by atoms with Gasteiger partial charge in [-0.3, -0.25) is 4.68 Å². The maximum absolute atomic E-state index is 10.2. The second-order valence-corrected chi connectivity index (χ2v) is 16.4. The molecule has 35 heavy (non-hydrogen) atoms. The van der Waals surface area contributed by atoms with E-state index in [1.54, 1.807) is 36.5 Å². The molecule has 0 radical (unpaired) electrons. The monoisotopic (exact) mass is 516 g/mol. The summed E-state index contributed by atoms with van der Waals surface area (Å²) < 4.78 is 9.35. The van der Waals surface area contributed by atoms with Crippen molar-refractivity contribution in [2.45, 2.75) is 58.4 Å². The highest BCUT2D eigenvalue weighted by Crippen LogP contribution is 2.31. The predicted molar refractivity (Wildman–Crippen MR) is 143 cm³/mol. The minimum absolute atomic E-state index is 0.257. The third-order valence-corrected chi connectivity index (χ3v) is 7.44. The highest BCUT2D eigenvalue weighted by Gasteiger charge is 2.20. The smallest absolute Gasteiger partial charge is 0.231 e. The first-order chi connectivity index (χ1) is 16.4. The number of hydrogen-bond acceptors (Lipinski definition) is 8. The Labute approximate surface area is 210 Å². The molecule has 0 atom stereocenters. The number of benzene rings is 1. The van der Waals surface area contributed by atoms with Gasteiger partial charge in [0.15, 0.2) is 10.8 Å². The van der Waals surface area contributed by atoms with E-state index in [1.165, 1.54) is 0 Å². The van der Waals surface area contributed by atoms with Gasteiger partial charge in [-0.1, -0.05) is 37.3 Å². The van der Waals surface area contributed by atoms with Gasteiger partial charge in [0, 0.05) is 27.1 Å². The summed E-state index contributed by atoms with van der Waals surface area (Å²) >= 11 is 6.44. The normalized spacial score (nSPS) is 12.6. The van der Waals surface area contributed by atoms with Crippen molar-refractivity contribution < 1.29 is 9.84 Å². The minimum atomic E-state index is -1.19. The first-order valence-corrected chi connectivity index (χ1v) is 15.7. The molecule has 3 N–H and O–H groups in total. The van der Waals surface area contributed by atoms with Crippen LogP contribution in [-0.4, -0.2) is 62.0 Å². The third kappa shape index (κ3) is 5.92. The van der Waals surface area contributed by atoms with Crippen molar-refractivity contribution in [3.05, 3.63) is 29.5 Å². The van der Waals surface area contributed by atoms with Crippen LogP contribution < -0.4 is 10.6 Å². The van der Waals surface area contributed by atoms with Crippen molar-refractivity contribution in [1.82, 2.24) is 29.5 Å². The van der Waals surface area contributed by atoms with Gasteiger partial charge in [0.2, 0.25) is 5.95 Å². The molecule has 0 spiro atoms. The number of ether oxygens (including phenoxy) is 1. The molecule has 0 amide bonds. The van der Waals surface area contributed by atoms with E-state index in [2.05, 4.69) is 45.5 Å². The van der Waals surface area contributed by atoms with Crippen LogP contribution in [0.5, 0.6) is 0 Å². The summed E-state index contributed by atoms with van der Waals surface area (Å²) in [6, 6.07) is 6.90. The summed E-state index contributed by atoms with van der Waals surface area (Å²) in [5.41, 5.74) is 1.40. The van der Waals surface area contributed by atoms with E-state index in [9.17, 15) is 5.11 Å². The average Bonchev–Trinajstić information content (AvgIpc) is 3.30. The molecule has 3 aromatic heterocycles. The standard InChI is InChI=1S/C23H33ClN8O2Si/c1-23(2,33)13-31-17-9-7-8-16(15(17)12-26-31)27-22-28-20(25-3)18-19(24)30-32(21(18)29-22)14-34-10-11-35(4,5)6/h7-9,12,33H,10-11,13-14H2,1-6H3,(H2,25,27,28,29). The zero-order valence-electron chi connectivity index (χ0n) is 21.1. The van der Waals surface area contributed by atoms with Crippen molar-refractivity contribution in [1.29, 1.82) is 0 Å². The van der Waals surface area contributed by atoms with Crippen molar-refractivity contribution in [3.8, 4) is 0 Å². The lowest BCUT2D eigenvalue weighted by Crippen LogP contribution is -2.26. The molecule has 10 nitrogen and oxygen atoms in total. The molecule has 0 unspecified atom stereocenters. The third-order valence-electron chi connectivity index (χ3n) is 5.47. The number of rotatable bonds is 10. The van der Waals surface area contributed by atoms with Gasteiger partial charge >= 0.3 is 0 Å². The van der Waals surface area contributed by atoms with Gasteiger partial charge in [0.1, 0.15) is 17.9 Å². The molecule has 4 aromatic rings. The Morgan fingerprint density at radius 2 is 1.94 bits per heavy atom. The number of halogens is 1. The molecule has 1 aromatic carbocycles. The van der Waals surface area contributed by atoms with E-state index in [0.717, 1.165) is 22.6 Å². The van der Waals surface area contributed by atoms with Crippen molar-refractivity contribution in [2.75, 3.05) is 24.3 Å². The van der Waals surface area contributed by atoms with Crippen molar-refractivity contribution in [3.63, 3.8) is 0 Å². The maximum Gasteiger partial charge on any atom is 0.231 e. The van der Waals surface area contributed by atoms with Crippen LogP contribution in [0, 0.1) is 0 Å². The van der Waals surface area contributed by atoms with Crippen LogP contribution in [0.2, 0.25) is 30.8 Å². The SMILES string of the molecule is CNc1nc(Nc2cccc3c2cnn3CC(C)(C)O)nc2c1c(Cl)nn2COCC[Si](C)(C)C. The number of fused-ring (bicyclic) bond motifs is 2. The second-order valence-electron chi connectivity index (χ2n) is 10.5. The summed E-state index contributed by atoms with van der Waals surface area (Å²) in [5, 5.41) is 27.4. The molecular formula is C23H33ClN8O2Si. The lowest BCUT2D eigenvalue weighted by Gasteiger charge is -2.17. The number of anilines is 3. The van der Waals surface area contributed by atoms with E-state index in [-0.39, 0.29) is 6.73 Å². The quantitative estimate of drug-likeness (QED) is 0.205. The summed E-state index contributed by atoms with van der Waals surface area (Å²) in [4.78, 5) is 9.33. The Morgan fingerprint density at radius 1 is 1.17 bits per heavy atom. The molecule has 188 valence electrons. The van der Waals surface area contributed by atoms with Crippen LogP contribution in [0.15, 0.2) is 24.4 Å². The van der Waals surface area contributed by atoms with Crippen molar-refractivity contribution >= 4 is 59.1 Å². The molecule has 3 heterocycles. The largest absolute Gasteiger partial charge is 0.389 e.